The molecule has 0 heterocycles. The van der Waals surface area contributed by atoms with Crippen molar-refractivity contribution in [1.82, 2.24) is 5.32 Å². The number of hydrogen-bond donors (Lipinski definition) is 1. The summed E-state index contributed by atoms with van der Waals surface area (Å²) in [5, 5.41) is 3.56. The third-order valence-electron chi connectivity index (χ3n) is 4.19. The third kappa shape index (κ3) is 4.33. The van der Waals surface area contributed by atoms with Crippen molar-refractivity contribution < 1.29 is 14.3 Å². The molecular weight excluding hydrogens is 361 g/mol. The molecule has 3 rings (SSSR count). The summed E-state index contributed by atoms with van der Waals surface area (Å²) in [6.45, 7) is -0.351. The van der Waals surface area contributed by atoms with Crippen molar-refractivity contribution in [1.29, 1.82) is 0 Å². The van der Waals surface area contributed by atoms with Crippen LogP contribution in [-0.4, -0.2) is 18.5 Å². The Morgan fingerprint density at radius 3 is 2.76 bits per heavy atom. The highest BCUT2D eigenvalue weighted by Crippen LogP contribution is 2.29. The van der Waals surface area contributed by atoms with Crippen molar-refractivity contribution in [2.45, 2.75) is 25.3 Å². The lowest BCUT2D eigenvalue weighted by Crippen LogP contribution is -2.34. The molecule has 0 aliphatic heterocycles. The zero-order chi connectivity index (χ0) is 17.8. The number of hydrogen-bond acceptors (Lipinski definition) is 3. The van der Waals surface area contributed by atoms with E-state index in [9.17, 15) is 9.59 Å². The smallest absolute Gasteiger partial charge is 0.340 e. The van der Waals surface area contributed by atoms with Crippen molar-refractivity contribution in [2.24, 2.45) is 0 Å². The maximum Gasteiger partial charge on any atom is 0.340 e. The Balaban J connectivity index is 1.58. The lowest BCUT2D eigenvalue weighted by atomic mass is 9.88. The summed E-state index contributed by atoms with van der Waals surface area (Å²) in [6, 6.07) is 12.5. The number of nitrogens with one attached hydrogen (secondary N) is 1. The molecule has 0 bridgehead atoms. The molecule has 1 amide bonds. The van der Waals surface area contributed by atoms with Gasteiger partial charge in [0.25, 0.3) is 5.91 Å². The molecule has 2 aromatic carbocycles. The maximum absolute atomic E-state index is 12.2. The quantitative estimate of drug-likeness (QED) is 0.806. The number of amides is 1. The number of aryl methyl sites for hydroxylation is 1. The van der Waals surface area contributed by atoms with Gasteiger partial charge >= 0.3 is 5.97 Å². The van der Waals surface area contributed by atoms with E-state index >= 15 is 0 Å². The van der Waals surface area contributed by atoms with Gasteiger partial charge in [0.15, 0.2) is 6.61 Å². The minimum Gasteiger partial charge on any atom is -0.452 e. The molecule has 0 saturated carbocycles. The topological polar surface area (TPSA) is 55.4 Å². The largest absolute Gasteiger partial charge is 0.452 e. The molecule has 0 fully saturated rings. The molecule has 0 saturated heterocycles. The van der Waals surface area contributed by atoms with Crippen LogP contribution in [0.1, 0.15) is 40.4 Å². The molecule has 0 radical (unpaired) electrons. The van der Waals surface area contributed by atoms with Crippen LogP contribution in [0.3, 0.4) is 0 Å². The van der Waals surface area contributed by atoms with Crippen molar-refractivity contribution in [3.63, 3.8) is 0 Å². The van der Waals surface area contributed by atoms with Crippen LogP contribution in [0.2, 0.25) is 10.0 Å². The Morgan fingerprint density at radius 1 is 1.16 bits per heavy atom. The minimum atomic E-state index is -0.652. The highest BCUT2D eigenvalue weighted by atomic mass is 35.5. The second-order valence-electron chi connectivity index (χ2n) is 5.91. The Morgan fingerprint density at radius 2 is 1.96 bits per heavy atom. The van der Waals surface area contributed by atoms with Crippen LogP contribution in [0.15, 0.2) is 42.5 Å². The lowest BCUT2D eigenvalue weighted by molar-refractivity contribution is -0.125. The average Bonchev–Trinajstić information content (AvgIpc) is 2.60. The Labute approximate surface area is 156 Å². The second kappa shape index (κ2) is 7.89. The summed E-state index contributed by atoms with van der Waals surface area (Å²) in [5.41, 5.74) is 2.57. The van der Waals surface area contributed by atoms with Gasteiger partial charge in [-0.2, -0.15) is 0 Å². The first kappa shape index (κ1) is 17.8. The molecule has 4 nitrogen and oxygen atoms in total. The maximum atomic E-state index is 12.2. The van der Waals surface area contributed by atoms with Gasteiger partial charge in [0.05, 0.1) is 16.6 Å². The number of ether oxygens (including phenoxy) is 1. The number of fused-ring (bicyclic) bond motifs is 1. The highest BCUT2D eigenvalue weighted by molar-refractivity contribution is 6.36. The molecule has 1 atom stereocenters. The van der Waals surface area contributed by atoms with Gasteiger partial charge in [-0.15, -0.1) is 0 Å². The first-order valence-corrected chi connectivity index (χ1v) is 8.79. The summed E-state index contributed by atoms with van der Waals surface area (Å²) >= 11 is 11.8. The highest BCUT2D eigenvalue weighted by Gasteiger charge is 2.22. The van der Waals surface area contributed by atoms with Crippen LogP contribution in [0, 0.1) is 0 Å². The van der Waals surface area contributed by atoms with E-state index in [-0.39, 0.29) is 29.1 Å². The monoisotopic (exact) mass is 377 g/mol. The summed E-state index contributed by atoms with van der Waals surface area (Å²) in [4.78, 5) is 24.2. The summed E-state index contributed by atoms with van der Waals surface area (Å²) < 4.78 is 5.06. The van der Waals surface area contributed by atoms with Gasteiger partial charge < -0.3 is 10.1 Å². The van der Waals surface area contributed by atoms with E-state index in [1.165, 1.54) is 17.7 Å². The van der Waals surface area contributed by atoms with Gasteiger partial charge in [-0.25, -0.2) is 4.79 Å². The van der Waals surface area contributed by atoms with E-state index in [1.807, 2.05) is 18.2 Å². The average molecular weight is 378 g/mol. The molecular formula is C19H17Cl2NO3. The van der Waals surface area contributed by atoms with E-state index in [1.54, 1.807) is 6.07 Å². The molecule has 1 aliphatic rings. The standard InChI is InChI=1S/C19H17Cl2NO3/c20-13-8-9-15(16(21)10-13)19(24)25-11-18(23)22-17-7-3-5-12-4-1-2-6-14(12)17/h1-2,4,6,8-10,17H,3,5,7,11H2,(H,22,23). The van der Waals surface area contributed by atoms with Crippen molar-refractivity contribution in [2.75, 3.05) is 6.61 Å². The van der Waals surface area contributed by atoms with Crippen LogP contribution in [0.25, 0.3) is 0 Å². The van der Waals surface area contributed by atoms with E-state index in [2.05, 4.69) is 11.4 Å². The predicted octanol–water partition coefficient (Wildman–Crippen LogP) is 4.34. The Bertz CT molecular complexity index is 807. The zero-order valence-electron chi connectivity index (χ0n) is 13.4. The number of carbonyl (C=O) groups excluding carboxylic acids is 2. The second-order valence-corrected chi connectivity index (χ2v) is 6.76. The summed E-state index contributed by atoms with van der Waals surface area (Å²) in [5.74, 6) is -0.985. The normalized spacial score (nSPS) is 16.0. The first-order valence-electron chi connectivity index (χ1n) is 8.04. The molecule has 2 aromatic rings. The first-order chi connectivity index (χ1) is 12.0. The lowest BCUT2D eigenvalue weighted by Gasteiger charge is -2.26. The fourth-order valence-corrected chi connectivity index (χ4v) is 3.49. The molecule has 0 spiro atoms. The van der Waals surface area contributed by atoms with Gasteiger partial charge in [0, 0.05) is 5.02 Å². The Kier molecular flexibility index (Phi) is 5.61. The molecule has 25 heavy (non-hydrogen) atoms. The molecule has 1 aliphatic carbocycles. The molecule has 6 heteroatoms. The van der Waals surface area contributed by atoms with Crippen LogP contribution in [-0.2, 0) is 16.0 Å². The van der Waals surface area contributed by atoms with E-state index < -0.39 is 5.97 Å². The van der Waals surface area contributed by atoms with Gasteiger partial charge in [0.2, 0.25) is 0 Å². The fourth-order valence-electron chi connectivity index (χ4n) is 3.00. The number of carbonyl (C=O) groups is 2. The predicted molar refractivity (Wildman–Crippen MR) is 97.0 cm³/mol. The number of esters is 1. The van der Waals surface area contributed by atoms with Crippen LogP contribution in [0.4, 0.5) is 0 Å². The molecule has 1 unspecified atom stereocenters. The van der Waals surface area contributed by atoms with Crippen LogP contribution < -0.4 is 5.32 Å². The van der Waals surface area contributed by atoms with Crippen LogP contribution >= 0.6 is 23.2 Å². The van der Waals surface area contributed by atoms with Crippen LogP contribution in [0.5, 0.6) is 0 Å². The number of benzene rings is 2. The summed E-state index contributed by atoms with van der Waals surface area (Å²) in [6.07, 6.45) is 2.91. The SMILES string of the molecule is O=C(COC(=O)c1ccc(Cl)cc1Cl)NC1CCCc2ccccc21. The third-order valence-corrected chi connectivity index (χ3v) is 4.74. The molecule has 130 valence electrons. The van der Waals surface area contributed by atoms with Gasteiger partial charge in [-0.05, 0) is 48.6 Å². The van der Waals surface area contributed by atoms with Gasteiger partial charge in [-0.1, -0.05) is 47.5 Å². The van der Waals surface area contributed by atoms with E-state index in [0.717, 1.165) is 24.8 Å². The number of rotatable bonds is 4. The minimum absolute atomic E-state index is 0.0460. The van der Waals surface area contributed by atoms with E-state index in [0.29, 0.717) is 5.02 Å². The fraction of sp³-hybridized carbons (Fsp3) is 0.263. The van der Waals surface area contributed by atoms with E-state index in [4.69, 9.17) is 27.9 Å². The molecule has 0 aromatic heterocycles. The van der Waals surface area contributed by atoms with Crippen molar-refractivity contribution >= 4 is 35.1 Å². The summed E-state index contributed by atoms with van der Waals surface area (Å²) in [7, 11) is 0. The Hall–Kier alpha value is -2.04. The molecule has 1 N–H and O–H groups in total. The zero-order valence-corrected chi connectivity index (χ0v) is 14.9. The van der Waals surface area contributed by atoms with Crippen molar-refractivity contribution in [3.05, 3.63) is 69.2 Å². The van der Waals surface area contributed by atoms with Crippen molar-refractivity contribution in [3.8, 4) is 0 Å². The number of halogens is 2. The van der Waals surface area contributed by atoms with Gasteiger partial charge in [-0.3, -0.25) is 4.79 Å². The van der Waals surface area contributed by atoms with Gasteiger partial charge in [0.1, 0.15) is 0 Å².